The molecule has 3 aliphatic rings. The maximum absolute atomic E-state index is 6.32. The number of hydrogen-bond acceptors (Lipinski definition) is 6. The van der Waals surface area contributed by atoms with Gasteiger partial charge in [0.1, 0.15) is 0 Å². The van der Waals surface area contributed by atoms with E-state index in [0.29, 0.717) is 0 Å². The summed E-state index contributed by atoms with van der Waals surface area (Å²) >= 11 is 0. The summed E-state index contributed by atoms with van der Waals surface area (Å²) in [5.41, 5.74) is 5.64. The number of rotatable bonds is 2. The molecule has 0 radical (unpaired) electrons. The SMILES string of the molecule is CN1Cc2cc(B3OC(C)(C)C(C)(C)O3)ccc2N(C)Cc2cc(B3OC(C)(C)C(C)(C)O3)ccc21. The summed E-state index contributed by atoms with van der Waals surface area (Å²) < 4.78 is 25.3. The number of nitrogens with zero attached hydrogens (tertiary/aromatic N) is 2. The molecule has 3 heterocycles. The van der Waals surface area contributed by atoms with E-state index in [1.165, 1.54) is 22.5 Å². The van der Waals surface area contributed by atoms with Crippen molar-refractivity contribution >= 4 is 36.5 Å². The molecule has 0 atom stereocenters. The number of benzene rings is 2. The van der Waals surface area contributed by atoms with E-state index in [1.54, 1.807) is 0 Å². The van der Waals surface area contributed by atoms with Gasteiger partial charge < -0.3 is 28.4 Å². The molecule has 192 valence electrons. The highest BCUT2D eigenvalue weighted by atomic mass is 16.7. The lowest BCUT2D eigenvalue weighted by atomic mass is 9.77. The third kappa shape index (κ3) is 4.16. The van der Waals surface area contributed by atoms with Crippen molar-refractivity contribution in [3.05, 3.63) is 47.5 Å². The monoisotopic (exact) mass is 490 g/mol. The van der Waals surface area contributed by atoms with Gasteiger partial charge in [0, 0.05) is 38.6 Å². The summed E-state index contributed by atoms with van der Waals surface area (Å²) in [5, 5.41) is 0. The van der Waals surface area contributed by atoms with Gasteiger partial charge in [0.05, 0.1) is 22.4 Å². The van der Waals surface area contributed by atoms with Crippen LogP contribution in [0.4, 0.5) is 11.4 Å². The maximum Gasteiger partial charge on any atom is 0.494 e. The van der Waals surface area contributed by atoms with Crippen LogP contribution in [0.5, 0.6) is 0 Å². The van der Waals surface area contributed by atoms with Crippen molar-refractivity contribution in [1.29, 1.82) is 0 Å². The summed E-state index contributed by atoms with van der Waals surface area (Å²) in [7, 11) is 3.58. The lowest BCUT2D eigenvalue weighted by Gasteiger charge is -2.33. The van der Waals surface area contributed by atoms with Crippen LogP contribution in [0.2, 0.25) is 0 Å². The Labute approximate surface area is 217 Å². The topological polar surface area (TPSA) is 43.4 Å². The van der Waals surface area contributed by atoms with Crippen molar-refractivity contribution in [2.24, 2.45) is 0 Å². The number of anilines is 2. The Kier molecular flexibility index (Phi) is 5.88. The zero-order chi connectivity index (χ0) is 26.3. The minimum atomic E-state index is -0.365. The van der Waals surface area contributed by atoms with Crippen LogP contribution >= 0.6 is 0 Å². The molecular weight excluding hydrogens is 450 g/mol. The molecule has 0 bridgehead atoms. The predicted molar refractivity (Wildman–Crippen MR) is 149 cm³/mol. The molecule has 2 aromatic carbocycles. The first-order valence-corrected chi connectivity index (χ1v) is 13.0. The average Bonchev–Trinajstić information content (AvgIpc) is 3.12. The second kappa shape index (κ2) is 8.26. The average molecular weight is 490 g/mol. The first kappa shape index (κ1) is 25.7. The van der Waals surface area contributed by atoms with E-state index in [0.717, 1.165) is 24.0 Å². The van der Waals surface area contributed by atoms with Gasteiger partial charge in [-0.15, -0.1) is 0 Å². The van der Waals surface area contributed by atoms with Crippen LogP contribution in [0.1, 0.15) is 66.5 Å². The summed E-state index contributed by atoms with van der Waals surface area (Å²) in [6, 6.07) is 13.2. The number of hydrogen-bond donors (Lipinski definition) is 0. The third-order valence-electron chi connectivity index (χ3n) is 8.90. The Morgan fingerprint density at radius 3 is 1.17 bits per heavy atom. The van der Waals surface area contributed by atoms with Crippen LogP contribution in [0.15, 0.2) is 36.4 Å². The van der Waals surface area contributed by atoms with Gasteiger partial charge in [-0.2, -0.15) is 0 Å². The van der Waals surface area contributed by atoms with E-state index in [9.17, 15) is 0 Å². The molecule has 0 amide bonds. The van der Waals surface area contributed by atoms with Gasteiger partial charge >= 0.3 is 14.2 Å². The molecule has 0 unspecified atom stereocenters. The van der Waals surface area contributed by atoms with E-state index in [-0.39, 0.29) is 36.6 Å². The highest BCUT2D eigenvalue weighted by Gasteiger charge is 2.53. The van der Waals surface area contributed by atoms with E-state index >= 15 is 0 Å². The van der Waals surface area contributed by atoms with Crippen LogP contribution in [-0.2, 0) is 31.7 Å². The van der Waals surface area contributed by atoms with Crippen LogP contribution in [-0.4, -0.2) is 50.7 Å². The molecule has 0 N–H and O–H groups in total. The molecule has 3 aliphatic heterocycles. The lowest BCUT2D eigenvalue weighted by molar-refractivity contribution is 0.00578. The van der Waals surface area contributed by atoms with Crippen molar-refractivity contribution in [3.8, 4) is 0 Å². The second-order valence-corrected chi connectivity index (χ2v) is 12.7. The van der Waals surface area contributed by atoms with E-state index < -0.39 is 0 Å². The Bertz CT molecular complexity index is 1060. The van der Waals surface area contributed by atoms with Gasteiger partial charge in [0.25, 0.3) is 0 Å². The first-order valence-electron chi connectivity index (χ1n) is 13.0. The van der Waals surface area contributed by atoms with Crippen molar-refractivity contribution < 1.29 is 18.6 Å². The summed E-state index contributed by atoms with van der Waals surface area (Å²) in [4.78, 5) is 4.65. The maximum atomic E-state index is 6.32. The summed E-state index contributed by atoms with van der Waals surface area (Å²) in [5.74, 6) is 0. The first-order chi connectivity index (χ1) is 16.6. The zero-order valence-corrected chi connectivity index (χ0v) is 23.6. The molecule has 0 saturated carbocycles. The molecule has 2 saturated heterocycles. The number of fused-ring (bicyclic) bond motifs is 2. The van der Waals surface area contributed by atoms with Crippen molar-refractivity contribution in [1.82, 2.24) is 0 Å². The normalized spacial score (nSPS) is 23.8. The van der Waals surface area contributed by atoms with E-state index in [2.05, 4.69) is 116 Å². The minimum Gasteiger partial charge on any atom is -0.399 e. The van der Waals surface area contributed by atoms with Crippen molar-refractivity contribution in [3.63, 3.8) is 0 Å². The standard InChI is InChI=1S/C28H40B2N2O4/c1-25(2)26(3,4)34-29(33-25)21-11-13-23-19(15-21)17-31(9)24-14-12-22(16-20(24)18-32(23)10)30-35-27(5,6)28(7,8)36-30/h11-16H,17-18H2,1-10H3. The van der Waals surface area contributed by atoms with Gasteiger partial charge in [-0.05, 0) is 89.6 Å². The smallest absolute Gasteiger partial charge is 0.399 e. The highest BCUT2D eigenvalue weighted by molar-refractivity contribution is 6.62. The van der Waals surface area contributed by atoms with Gasteiger partial charge in [0.2, 0.25) is 0 Å². The molecule has 2 fully saturated rings. The van der Waals surface area contributed by atoms with Crippen LogP contribution in [0.3, 0.4) is 0 Å². The fourth-order valence-electron chi connectivity index (χ4n) is 5.14. The Morgan fingerprint density at radius 1 is 0.556 bits per heavy atom. The van der Waals surface area contributed by atoms with Crippen molar-refractivity contribution in [2.75, 3.05) is 23.9 Å². The van der Waals surface area contributed by atoms with E-state index in [1.807, 2.05) is 0 Å². The Morgan fingerprint density at radius 2 is 0.861 bits per heavy atom. The van der Waals surface area contributed by atoms with Crippen molar-refractivity contribution in [2.45, 2.75) is 90.9 Å². The summed E-state index contributed by atoms with van der Waals surface area (Å²) in [6.45, 7) is 18.3. The molecule has 5 rings (SSSR count). The van der Waals surface area contributed by atoms with Crippen LogP contribution in [0, 0.1) is 0 Å². The molecular formula is C28H40B2N2O4. The molecule has 0 aliphatic carbocycles. The molecule has 8 heteroatoms. The predicted octanol–water partition coefficient (Wildman–Crippen LogP) is 3.87. The zero-order valence-electron chi connectivity index (χ0n) is 23.6. The third-order valence-corrected chi connectivity index (χ3v) is 8.90. The second-order valence-electron chi connectivity index (χ2n) is 12.7. The van der Waals surface area contributed by atoms with Crippen LogP contribution < -0.4 is 20.7 Å². The van der Waals surface area contributed by atoms with Gasteiger partial charge in [-0.3, -0.25) is 0 Å². The highest BCUT2D eigenvalue weighted by Crippen LogP contribution is 2.38. The van der Waals surface area contributed by atoms with E-state index in [4.69, 9.17) is 18.6 Å². The fraction of sp³-hybridized carbons (Fsp3) is 0.571. The summed E-state index contributed by atoms with van der Waals surface area (Å²) in [6.07, 6.45) is 0. The minimum absolute atomic E-state index is 0.358. The van der Waals surface area contributed by atoms with Gasteiger partial charge in [0.15, 0.2) is 0 Å². The van der Waals surface area contributed by atoms with Gasteiger partial charge in [-0.25, -0.2) is 0 Å². The molecule has 6 nitrogen and oxygen atoms in total. The largest absolute Gasteiger partial charge is 0.494 e. The molecule has 0 spiro atoms. The quantitative estimate of drug-likeness (QED) is 0.596. The fourth-order valence-corrected chi connectivity index (χ4v) is 5.14. The Balaban J connectivity index is 1.43. The Hall–Kier alpha value is -1.99. The molecule has 36 heavy (non-hydrogen) atoms. The lowest BCUT2D eigenvalue weighted by Crippen LogP contribution is -2.41. The molecule has 0 aromatic heterocycles. The van der Waals surface area contributed by atoms with Crippen LogP contribution in [0.25, 0.3) is 0 Å². The van der Waals surface area contributed by atoms with Gasteiger partial charge in [-0.1, -0.05) is 24.3 Å². The molecule has 2 aromatic rings.